The van der Waals surface area contributed by atoms with Gasteiger partial charge in [-0.25, -0.2) is 0 Å². The average Bonchev–Trinajstić information content (AvgIpc) is 2.68. The van der Waals surface area contributed by atoms with Crippen LogP contribution in [-0.4, -0.2) is 33.3 Å². The summed E-state index contributed by atoms with van der Waals surface area (Å²) in [4.78, 5) is 2.63. The van der Waals surface area contributed by atoms with E-state index in [-0.39, 0.29) is 0 Å². The summed E-state index contributed by atoms with van der Waals surface area (Å²) in [6, 6.07) is 3.34. The van der Waals surface area contributed by atoms with E-state index >= 15 is 0 Å². The van der Waals surface area contributed by atoms with Gasteiger partial charge in [0.25, 0.3) is 0 Å². The van der Waals surface area contributed by atoms with E-state index in [0.717, 1.165) is 12.2 Å². The van der Waals surface area contributed by atoms with Crippen LogP contribution in [0, 0.1) is 6.92 Å². The minimum absolute atomic E-state index is 0.429. The lowest BCUT2D eigenvalue weighted by molar-refractivity contribution is 0.139. The Kier molecular flexibility index (Phi) is 4.99. The summed E-state index contributed by atoms with van der Waals surface area (Å²) in [7, 11) is 2.04. The van der Waals surface area contributed by atoms with E-state index in [1.165, 1.54) is 44.3 Å². The van der Waals surface area contributed by atoms with Crippen molar-refractivity contribution in [3.8, 4) is 0 Å². The van der Waals surface area contributed by atoms with Crippen LogP contribution in [0.4, 0.5) is 0 Å². The Hall–Kier alpha value is -0.870. The van der Waals surface area contributed by atoms with Crippen molar-refractivity contribution in [3.05, 3.63) is 17.5 Å². The zero-order chi connectivity index (χ0) is 13.8. The van der Waals surface area contributed by atoms with Crippen molar-refractivity contribution in [3.63, 3.8) is 0 Å². The first-order valence-electron chi connectivity index (χ1n) is 7.59. The van der Waals surface area contributed by atoms with Crippen molar-refractivity contribution < 1.29 is 0 Å². The summed E-state index contributed by atoms with van der Waals surface area (Å²) in [5, 5.41) is 4.45. The summed E-state index contributed by atoms with van der Waals surface area (Å²) in [6.45, 7) is 6.51. The second-order valence-corrected chi connectivity index (χ2v) is 5.94. The summed E-state index contributed by atoms with van der Waals surface area (Å²) in [6.07, 6.45) is 6.06. The van der Waals surface area contributed by atoms with Crippen LogP contribution >= 0.6 is 0 Å². The molecule has 0 spiro atoms. The average molecular weight is 264 g/mol. The third-order valence-corrected chi connectivity index (χ3v) is 4.23. The summed E-state index contributed by atoms with van der Waals surface area (Å²) in [5.74, 6) is 0. The lowest BCUT2D eigenvalue weighted by atomic mass is 9.90. The fraction of sp³-hybridized carbons (Fsp3) is 0.800. The van der Waals surface area contributed by atoms with E-state index in [1.54, 1.807) is 0 Å². The molecule has 1 aromatic heterocycles. The van der Waals surface area contributed by atoms with Crippen LogP contribution in [0.3, 0.4) is 0 Å². The lowest BCUT2D eigenvalue weighted by Gasteiger charge is -2.36. The molecule has 2 rings (SSSR count). The normalized spacial score (nSPS) is 24.1. The maximum absolute atomic E-state index is 6.02. The van der Waals surface area contributed by atoms with Gasteiger partial charge in [-0.3, -0.25) is 9.58 Å². The van der Waals surface area contributed by atoms with Crippen LogP contribution in [0.25, 0.3) is 0 Å². The highest BCUT2D eigenvalue weighted by Gasteiger charge is 2.24. The molecular formula is C15H28N4. The first-order valence-corrected chi connectivity index (χ1v) is 7.59. The highest BCUT2D eigenvalue weighted by atomic mass is 15.3. The van der Waals surface area contributed by atoms with Gasteiger partial charge < -0.3 is 5.73 Å². The molecule has 2 N–H and O–H groups in total. The van der Waals surface area contributed by atoms with Crippen molar-refractivity contribution in [2.45, 2.75) is 64.6 Å². The van der Waals surface area contributed by atoms with Gasteiger partial charge in [-0.15, -0.1) is 0 Å². The van der Waals surface area contributed by atoms with Crippen molar-refractivity contribution in [2.75, 3.05) is 6.54 Å². The van der Waals surface area contributed by atoms with Gasteiger partial charge in [-0.1, -0.05) is 6.92 Å². The maximum Gasteiger partial charge on any atom is 0.0597 e. The highest BCUT2D eigenvalue weighted by molar-refractivity contribution is 5.08. The van der Waals surface area contributed by atoms with E-state index in [2.05, 4.69) is 29.9 Å². The fourth-order valence-electron chi connectivity index (χ4n) is 3.16. The smallest absolute Gasteiger partial charge is 0.0597 e. The molecule has 1 aromatic rings. The Morgan fingerprint density at radius 1 is 1.37 bits per heavy atom. The molecule has 0 bridgehead atoms. The van der Waals surface area contributed by atoms with Gasteiger partial charge in [-0.05, 0) is 51.6 Å². The Balaban J connectivity index is 2.01. The Bertz CT molecular complexity index is 391. The zero-order valence-electron chi connectivity index (χ0n) is 12.6. The highest BCUT2D eigenvalue weighted by Crippen LogP contribution is 2.24. The molecule has 1 heterocycles. The fourth-order valence-corrected chi connectivity index (χ4v) is 3.16. The zero-order valence-corrected chi connectivity index (χ0v) is 12.6. The molecule has 4 heteroatoms. The van der Waals surface area contributed by atoms with Gasteiger partial charge in [0.1, 0.15) is 0 Å². The van der Waals surface area contributed by atoms with Gasteiger partial charge in [0.15, 0.2) is 0 Å². The molecule has 0 saturated heterocycles. The van der Waals surface area contributed by atoms with Gasteiger partial charge >= 0.3 is 0 Å². The maximum atomic E-state index is 6.02. The topological polar surface area (TPSA) is 47.1 Å². The number of hydrogen-bond donors (Lipinski definition) is 1. The van der Waals surface area contributed by atoms with Gasteiger partial charge in [-0.2, -0.15) is 5.10 Å². The molecule has 4 nitrogen and oxygen atoms in total. The first-order chi connectivity index (χ1) is 9.10. The van der Waals surface area contributed by atoms with Crippen LogP contribution in [0.1, 0.15) is 50.4 Å². The van der Waals surface area contributed by atoms with Crippen LogP contribution in [0.5, 0.6) is 0 Å². The van der Waals surface area contributed by atoms with Crippen molar-refractivity contribution in [2.24, 2.45) is 12.8 Å². The van der Waals surface area contributed by atoms with Gasteiger partial charge in [0.05, 0.1) is 11.4 Å². The van der Waals surface area contributed by atoms with Crippen molar-refractivity contribution in [1.29, 1.82) is 0 Å². The molecular weight excluding hydrogens is 236 g/mol. The molecule has 1 aliphatic carbocycles. The van der Waals surface area contributed by atoms with E-state index < -0.39 is 0 Å². The SMILES string of the molecule is CCCN(Cc1cc(C)nn1C)C1CCC(N)CC1. The van der Waals surface area contributed by atoms with Gasteiger partial charge in [0, 0.05) is 25.7 Å². The van der Waals surface area contributed by atoms with E-state index in [1.807, 2.05) is 11.7 Å². The number of aromatic nitrogens is 2. The molecule has 19 heavy (non-hydrogen) atoms. The van der Waals surface area contributed by atoms with Crippen LogP contribution < -0.4 is 5.73 Å². The molecule has 108 valence electrons. The molecule has 0 unspecified atom stereocenters. The largest absolute Gasteiger partial charge is 0.328 e. The number of nitrogens with zero attached hydrogens (tertiary/aromatic N) is 3. The first kappa shape index (κ1) is 14.5. The molecule has 0 aliphatic heterocycles. The van der Waals surface area contributed by atoms with Crippen molar-refractivity contribution >= 4 is 0 Å². The standard InChI is InChI=1S/C15H28N4/c1-4-9-19(14-7-5-13(16)6-8-14)11-15-10-12(2)17-18(15)3/h10,13-14H,4-9,11,16H2,1-3H3. The molecule has 0 atom stereocenters. The summed E-state index contributed by atoms with van der Waals surface area (Å²) >= 11 is 0. The minimum atomic E-state index is 0.429. The predicted octanol–water partition coefficient (Wildman–Crippen LogP) is 2.21. The van der Waals surface area contributed by atoms with E-state index in [9.17, 15) is 0 Å². The second-order valence-electron chi connectivity index (χ2n) is 5.94. The Morgan fingerprint density at radius 3 is 2.58 bits per heavy atom. The minimum Gasteiger partial charge on any atom is -0.328 e. The van der Waals surface area contributed by atoms with Crippen LogP contribution in [0.15, 0.2) is 6.07 Å². The molecule has 1 aliphatic rings. The van der Waals surface area contributed by atoms with Gasteiger partial charge in [0.2, 0.25) is 0 Å². The predicted molar refractivity (Wildman–Crippen MR) is 78.9 cm³/mol. The third-order valence-electron chi connectivity index (χ3n) is 4.23. The monoisotopic (exact) mass is 264 g/mol. The quantitative estimate of drug-likeness (QED) is 0.887. The molecule has 0 aromatic carbocycles. The van der Waals surface area contributed by atoms with Crippen LogP contribution in [0.2, 0.25) is 0 Å². The number of aryl methyl sites for hydroxylation is 2. The van der Waals surface area contributed by atoms with E-state index in [4.69, 9.17) is 5.73 Å². The molecule has 0 radical (unpaired) electrons. The second kappa shape index (κ2) is 6.53. The molecule has 1 saturated carbocycles. The third kappa shape index (κ3) is 3.80. The Labute approximate surface area is 117 Å². The molecule has 0 amide bonds. The molecule has 1 fully saturated rings. The van der Waals surface area contributed by atoms with E-state index in [0.29, 0.717) is 12.1 Å². The summed E-state index contributed by atoms with van der Waals surface area (Å²) in [5.41, 5.74) is 8.45. The Morgan fingerprint density at radius 2 is 2.05 bits per heavy atom. The number of nitrogens with two attached hydrogens (primary N) is 1. The van der Waals surface area contributed by atoms with Crippen molar-refractivity contribution in [1.82, 2.24) is 14.7 Å². The number of hydrogen-bond acceptors (Lipinski definition) is 3. The lowest BCUT2D eigenvalue weighted by Crippen LogP contribution is -2.41. The summed E-state index contributed by atoms with van der Waals surface area (Å²) < 4.78 is 2.02. The van der Waals surface area contributed by atoms with Crippen LogP contribution in [-0.2, 0) is 13.6 Å². The number of rotatable bonds is 5.